The van der Waals surface area contributed by atoms with Crippen molar-refractivity contribution in [3.05, 3.63) is 148 Å². The number of hydrogen-bond donors (Lipinski definition) is 12. The normalized spacial score (nSPS) is 19.3. The molecule has 0 saturated carbocycles. The minimum Gasteiger partial charge on any atom is -0.384 e. The van der Waals surface area contributed by atoms with Crippen molar-refractivity contribution in [3.8, 4) is 33.4 Å². The van der Waals surface area contributed by atoms with Crippen LogP contribution in [0, 0.1) is 0 Å². The van der Waals surface area contributed by atoms with Crippen LogP contribution in [0.2, 0.25) is 0 Å². The fraction of sp³-hybridized carbons (Fsp3) is 0.382. The highest BCUT2D eigenvalue weighted by atomic mass is 79.9. The molecule has 21 heterocycles. The summed E-state index contributed by atoms with van der Waals surface area (Å²) in [5.41, 5.74) is 63.8. The number of nitrogens with one attached hydrogen (secondary N) is 4. The number of allylic oxidation sites excluding steroid dienone is 1. The number of ether oxygens (including phenoxy) is 1. The molecule has 0 bridgehead atoms. The number of nitrogens with two attached hydrogens (primary N) is 8. The van der Waals surface area contributed by atoms with E-state index in [1.807, 2.05) is 101 Å². The molecule has 6 fully saturated rings. The van der Waals surface area contributed by atoms with Gasteiger partial charge in [0.05, 0.1) is 113 Å². The maximum atomic E-state index is 6.29. The van der Waals surface area contributed by atoms with E-state index in [4.69, 9.17) is 70.5 Å². The van der Waals surface area contributed by atoms with Gasteiger partial charge in [-0.25, -0.2) is 29.9 Å². The third-order valence-corrected chi connectivity index (χ3v) is 27.1. The van der Waals surface area contributed by atoms with Gasteiger partial charge in [-0.2, -0.15) is 73.0 Å². The zero-order valence-corrected chi connectivity index (χ0v) is 77.3. The summed E-state index contributed by atoms with van der Waals surface area (Å²) in [7, 11) is 5.66. The van der Waals surface area contributed by atoms with E-state index in [0.29, 0.717) is 71.2 Å². The zero-order valence-electron chi connectivity index (χ0n) is 67.0. The van der Waals surface area contributed by atoms with E-state index in [-0.39, 0.29) is 23.4 Å². The maximum Gasteiger partial charge on any atom is 0.173 e. The molecule has 21 rings (SSSR count). The molecule has 20 N–H and O–H groups in total. The van der Waals surface area contributed by atoms with Crippen LogP contribution in [0.4, 0.5) is 46.5 Å². The first-order chi connectivity index (χ1) is 59.0. The van der Waals surface area contributed by atoms with Crippen LogP contribution >= 0.6 is 107 Å². The summed E-state index contributed by atoms with van der Waals surface area (Å²) in [6, 6.07) is 4.22. The predicted molar refractivity (Wildman–Crippen MR) is 496 cm³/mol. The van der Waals surface area contributed by atoms with Crippen molar-refractivity contribution >= 4 is 194 Å². The summed E-state index contributed by atoms with van der Waals surface area (Å²) in [5.74, 6) is 7.03. The highest BCUT2D eigenvalue weighted by Gasteiger charge is 2.31. The van der Waals surface area contributed by atoms with Crippen LogP contribution in [-0.2, 0) is 25.9 Å². The van der Waals surface area contributed by atoms with Gasteiger partial charge in [0.15, 0.2) is 33.9 Å². The van der Waals surface area contributed by atoms with Crippen molar-refractivity contribution < 1.29 is 4.74 Å². The predicted octanol–water partition coefficient (Wildman–Crippen LogP) is 8.34. The van der Waals surface area contributed by atoms with Gasteiger partial charge in [-0.15, -0.1) is 11.8 Å². The zero-order chi connectivity index (χ0) is 85.3. The molecule has 0 spiro atoms. The van der Waals surface area contributed by atoms with Crippen molar-refractivity contribution in [1.82, 2.24) is 138 Å². The van der Waals surface area contributed by atoms with E-state index in [0.717, 1.165) is 220 Å². The number of nitrogens with zero attached hydrogens (tertiary/aromatic N) is 26. The summed E-state index contributed by atoms with van der Waals surface area (Å²) < 4.78 is 25.8. The number of hydrogen-bond acceptors (Lipinski definition) is 31. The number of anilines is 8. The molecule has 15 aromatic rings. The van der Waals surface area contributed by atoms with Crippen LogP contribution in [0.1, 0.15) is 90.6 Å². The number of thioether (sulfide) groups is 1. The van der Waals surface area contributed by atoms with Crippen molar-refractivity contribution in [1.29, 1.82) is 0 Å². The summed E-state index contributed by atoms with van der Waals surface area (Å²) in [6.07, 6.45) is 31.0. The van der Waals surface area contributed by atoms with Gasteiger partial charge in [-0.05, 0) is 148 Å². The minimum atomic E-state index is -0.137. The smallest absolute Gasteiger partial charge is 0.173 e. The molecule has 4 unspecified atom stereocenters. The Bertz CT molecular complexity index is 6150. The number of rotatable bonds is 10. The number of halogens is 6. The molecule has 0 radical (unpaired) electrons. The van der Waals surface area contributed by atoms with E-state index >= 15 is 0 Å². The lowest BCUT2D eigenvalue weighted by molar-refractivity contribution is 0.0247. The average molecular weight is 2070 g/mol. The Balaban J connectivity index is 0.000000109. The second kappa shape index (κ2) is 37.5. The number of aromatic nitrogens is 24. The van der Waals surface area contributed by atoms with Gasteiger partial charge in [-0.1, -0.05) is 12.2 Å². The number of nitrogen functional groups attached to an aromatic ring is 6. The largest absolute Gasteiger partial charge is 0.384 e. The number of piperidine rings is 1. The molecule has 0 aromatic carbocycles. The second-order valence-electron chi connectivity index (χ2n) is 30.1. The molecule has 6 saturated heterocycles. The Morgan fingerprint density at radius 1 is 0.451 bits per heavy atom. The molecule has 640 valence electrons. The van der Waals surface area contributed by atoms with Gasteiger partial charge >= 0.3 is 0 Å². The van der Waals surface area contributed by atoms with Gasteiger partial charge in [0, 0.05) is 186 Å². The average Bonchev–Trinajstić information content (AvgIpc) is 1.60. The lowest BCUT2D eigenvalue weighted by Crippen LogP contribution is -2.34. The summed E-state index contributed by atoms with van der Waals surface area (Å²) in [4.78, 5) is 32.7. The molecule has 6 atom stereocenters. The molecular weight excluding hydrogens is 1970 g/mol. The Morgan fingerprint density at radius 3 is 1.47 bits per heavy atom. The SMILES string of the molecule is C/C=C\c1cnn2c(N)cc(C3CCCNC3)nc12.Cn1cc(-c2cnn3c(N)c(Br)c(C4CCNC4)nc23)cn1.Cn1cc(-c2cnn3c(N)c(Br)c(C4CNCCO4)nc23)cn1.Cn1cc(-c2cnn3c(N)c(Br)c(C4CNCCS4)nc23)cn1.Nc1c(Br)c(N2CC[C@@H](N)C2)nc2c(Br)cnn12.Nc1cc(N2CC[C@@H](N)C2)nc2c(Br)cnn12. The first-order valence-electron chi connectivity index (χ1n) is 39.5. The topological polar surface area (TPSA) is 507 Å². The lowest BCUT2D eigenvalue weighted by atomic mass is 9.96. The quantitative estimate of drug-likeness (QED) is 0.0612. The van der Waals surface area contributed by atoms with Crippen molar-refractivity contribution in [3.63, 3.8) is 0 Å². The molecule has 6 aliphatic heterocycles. The summed E-state index contributed by atoms with van der Waals surface area (Å²) in [5, 5.41) is 52.2. The van der Waals surface area contributed by atoms with E-state index in [1.54, 1.807) is 78.3 Å². The summed E-state index contributed by atoms with van der Waals surface area (Å²) in [6.45, 7) is 13.6. The Kier molecular flexibility index (Phi) is 26.4. The standard InChI is InChI=1S/C14H16BrN7O.C14H16BrN7S.C14H16BrN7.C14H19N5.C10H12Br2N6.C10H13BrN6/c2*1-21-7-8(4-18-21)9-5-19-22-13(16)11(15)12(20-14(9)22)10-6-17-2-3-23-10;1-21-7-9(5-18-21)10-6-19-22-13(16)11(15)12(20-14(10)22)8-2-3-17-4-8;1-2-4-11-9-17-19-13(15)7-12(18-14(11)19)10-5-3-6-16-8-10;11-6-3-15-18-8(14)7(12)10(16-9(6)18)17-2-1-5(13)4-17;11-7-4-14-17-8(13)3-9(15-10(7)17)16-2-1-6(12)5-16/h2*4-5,7,10,17H,2-3,6,16H2,1H3;5-8,17H,2-4,16H2,1H3;2,4,7,9-10,16H,3,5-6,8,15H2,1H3;3,5H,1-2,4,13-14H2;3-4,6H,1-2,5,12-13H2/b;;;4-2-;;/t;;;;5-;6-/m....11/s1. The molecule has 46 heteroatoms. The van der Waals surface area contributed by atoms with Crippen LogP contribution in [0.25, 0.3) is 73.3 Å². The van der Waals surface area contributed by atoms with Crippen molar-refractivity contribution in [2.45, 2.75) is 74.3 Å². The molecule has 39 nitrogen and oxygen atoms in total. The molecule has 122 heavy (non-hydrogen) atoms. The molecular formula is C76H92Br6N38OS. The van der Waals surface area contributed by atoms with Crippen LogP contribution in [0.5, 0.6) is 0 Å². The fourth-order valence-electron chi connectivity index (χ4n) is 15.3. The van der Waals surface area contributed by atoms with Gasteiger partial charge < -0.3 is 81.7 Å². The van der Waals surface area contributed by atoms with E-state index < -0.39 is 0 Å². The van der Waals surface area contributed by atoms with E-state index in [2.05, 4.69) is 183 Å². The third-order valence-electron chi connectivity index (χ3n) is 21.6. The van der Waals surface area contributed by atoms with Crippen LogP contribution in [0.15, 0.2) is 119 Å². The number of aryl methyl sites for hydroxylation is 3. The minimum absolute atomic E-state index is 0.137. The first-order valence-corrected chi connectivity index (χ1v) is 45.3. The van der Waals surface area contributed by atoms with Gasteiger partial charge in [-0.3, -0.25) is 14.0 Å². The van der Waals surface area contributed by atoms with Gasteiger partial charge in [0.25, 0.3) is 0 Å². The highest BCUT2D eigenvalue weighted by molar-refractivity contribution is 9.11. The Morgan fingerprint density at radius 2 is 0.943 bits per heavy atom. The highest BCUT2D eigenvalue weighted by Crippen LogP contribution is 2.41. The molecule has 6 aliphatic rings. The van der Waals surface area contributed by atoms with Crippen molar-refractivity contribution in [2.75, 3.05) is 135 Å². The fourth-order valence-corrected chi connectivity index (χ4v) is 19.4. The summed E-state index contributed by atoms with van der Waals surface area (Å²) >= 11 is 22.9. The lowest BCUT2D eigenvalue weighted by Gasteiger charge is -2.24. The first kappa shape index (κ1) is 86.0. The van der Waals surface area contributed by atoms with Gasteiger partial charge in [0.1, 0.15) is 57.1 Å². The monoisotopic (exact) mass is 2060 g/mol. The molecule has 0 aliphatic carbocycles. The molecule has 0 amide bonds. The molecule has 15 aromatic heterocycles. The van der Waals surface area contributed by atoms with Crippen LogP contribution in [0.3, 0.4) is 0 Å². The van der Waals surface area contributed by atoms with Crippen LogP contribution < -0.4 is 76.9 Å². The second-order valence-corrected chi connectivity index (χ2v) is 36.3. The maximum absolute atomic E-state index is 6.29. The number of morpholine rings is 1. The van der Waals surface area contributed by atoms with E-state index in [9.17, 15) is 0 Å². The Labute approximate surface area is 753 Å². The van der Waals surface area contributed by atoms with Crippen molar-refractivity contribution in [2.24, 2.45) is 32.6 Å². The Hall–Kier alpha value is -9.56. The number of fused-ring (bicyclic) bond motifs is 6. The third kappa shape index (κ3) is 18.0. The van der Waals surface area contributed by atoms with E-state index in [1.165, 1.54) is 12.8 Å². The van der Waals surface area contributed by atoms with Crippen LogP contribution in [-0.4, -0.2) is 220 Å². The van der Waals surface area contributed by atoms with Gasteiger partial charge in [0.2, 0.25) is 0 Å².